The normalized spacial score (nSPS) is 11.6. The molecule has 1 heterocycles. The van der Waals surface area contributed by atoms with Crippen molar-refractivity contribution in [2.45, 2.75) is 6.04 Å². The van der Waals surface area contributed by atoms with Gasteiger partial charge < -0.3 is 10.4 Å². The molecule has 0 fully saturated rings. The van der Waals surface area contributed by atoms with Gasteiger partial charge in [-0.05, 0) is 17.7 Å². The molecule has 0 saturated carbocycles. The average molecular weight is 274 g/mol. The van der Waals surface area contributed by atoms with Crippen LogP contribution < -0.4 is 5.32 Å². The maximum absolute atomic E-state index is 9.44. The minimum atomic E-state index is -0.276. The predicted molar refractivity (Wildman–Crippen MR) is 73.9 cm³/mol. The molecule has 2 aromatic rings. The quantitative estimate of drug-likeness (QED) is 0.899. The van der Waals surface area contributed by atoms with Crippen LogP contribution in [0.5, 0.6) is 0 Å². The van der Waals surface area contributed by atoms with Crippen LogP contribution in [-0.4, -0.2) is 16.7 Å². The van der Waals surface area contributed by atoms with Gasteiger partial charge in [0.05, 0.1) is 17.7 Å². The number of benzene rings is 1. The number of nitriles is 1. The summed E-state index contributed by atoms with van der Waals surface area (Å²) < 4.78 is 0. The van der Waals surface area contributed by atoms with Crippen molar-refractivity contribution < 1.29 is 5.11 Å². The lowest BCUT2D eigenvalue weighted by molar-refractivity contribution is 0.276. The summed E-state index contributed by atoms with van der Waals surface area (Å²) in [7, 11) is 0. The SMILES string of the molecule is N#Cc1nc(NC(CO)c2ccccc2)ccc1Cl. The van der Waals surface area contributed by atoms with Gasteiger partial charge in [0.15, 0.2) is 5.69 Å². The third-order valence-corrected chi connectivity index (χ3v) is 2.96. The number of pyridine rings is 1. The summed E-state index contributed by atoms with van der Waals surface area (Å²) in [6.07, 6.45) is 0. The van der Waals surface area contributed by atoms with Crippen LogP contribution in [0.1, 0.15) is 17.3 Å². The van der Waals surface area contributed by atoms with Gasteiger partial charge in [-0.2, -0.15) is 5.26 Å². The maximum atomic E-state index is 9.44. The lowest BCUT2D eigenvalue weighted by Gasteiger charge is -2.17. The molecule has 96 valence electrons. The van der Waals surface area contributed by atoms with Crippen LogP contribution in [0.25, 0.3) is 0 Å². The lowest BCUT2D eigenvalue weighted by Crippen LogP contribution is -2.15. The Morgan fingerprint density at radius 2 is 2.00 bits per heavy atom. The molecule has 1 aromatic carbocycles. The van der Waals surface area contributed by atoms with E-state index in [0.717, 1.165) is 5.56 Å². The van der Waals surface area contributed by atoms with Crippen LogP contribution in [0.4, 0.5) is 5.82 Å². The van der Waals surface area contributed by atoms with E-state index in [0.29, 0.717) is 10.8 Å². The number of nitrogens with one attached hydrogen (secondary N) is 1. The van der Waals surface area contributed by atoms with Gasteiger partial charge in [-0.25, -0.2) is 4.98 Å². The Hall–Kier alpha value is -2.09. The van der Waals surface area contributed by atoms with Gasteiger partial charge in [0.2, 0.25) is 0 Å². The van der Waals surface area contributed by atoms with Crippen LogP contribution in [0, 0.1) is 11.3 Å². The molecule has 0 bridgehead atoms. The number of anilines is 1. The largest absolute Gasteiger partial charge is 0.394 e. The van der Waals surface area contributed by atoms with E-state index >= 15 is 0 Å². The standard InChI is InChI=1S/C14H12ClN3O/c15-11-6-7-14(17-12(11)8-16)18-13(9-19)10-4-2-1-3-5-10/h1-7,13,19H,9H2,(H,17,18). The Morgan fingerprint density at radius 1 is 1.26 bits per heavy atom. The molecule has 1 aromatic heterocycles. The maximum Gasteiger partial charge on any atom is 0.161 e. The Kier molecular flexibility index (Phi) is 4.35. The van der Waals surface area contributed by atoms with Gasteiger partial charge in [-0.1, -0.05) is 41.9 Å². The molecular weight excluding hydrogens is 262 g/mol. The van der Waals surface area contributed by atoms with Crippen LogP contribution in [0.2, 0.25) is 5.02 Å². The molecule has 1 unspecified atom stereocenters. The number of hydrogen-bond acceptors (Lipinski definition) is 4. The van der Waals surface area contributed by atoms with E-state index in [-0.39, 0.29) is 18.3 Å². The molecule has 4 nitrogen and oxygen atoms in total. The average Bonchev–Trinajstić information content (AvgIpc) is 2.47. The second kappa shape index (κ2) is 6.19. The number of aliphatic hydroxyl groups is 1. The summed E-state index contributed by atoms with van der Waals surface area (Å²) in [5.74, 6) is 0.504. The summed E-state index contributed by atoms with van der Waals surface area (Å²) >= 11 is 5.82. The number of rotatable bonds is 4. The fraction of sp³-hybridized carbons (Fsp3) is 0.143. The molecule has 1 atom stereocenters. The van der Waals surface area contributed by atoms with Gasteiger partial charge in [-0.15, -0.1) is 0 Å². The summed E-state index contributed by atoms with van der Waals surface area (Å²) in [6, 6.07) is 14.5. The Balaban J connectivity index is 2.22. The minimum absolute atomic E-state index is 0.0732. The lowest BCUT2D eigenvalue weighted by atomic mass is 10.1. The molecule has 0 aliphatic carbocycles. The molecule has 0 spiro atoms. The highest BCUT2D eigenvalue weighted by molar-refractivity contribution is 6.31. The van der Waals surface area contributed by atoms with Crippen LogP contribution in [0.15, 0.2) is 42.5 Å². The van der Waals surface area contributed by atoms with Gasteiger partial charge in [0, 0.05) is 0 Å². The van der Waals surface area contributed by atoms with Gasteiger partial charge in [0.1, 0.15) is 11.9 Å². The second-order valence-electron chi connectivity index (χ2n) is 3.93. The molecular formula is C14H12ClN3O. The molecule has 19 heavy (non-hydrogen) atoms. The Labute approximate surface area is 116 Å². The van der Waals surface area contributed by atoms with Crippen molar-refractivity contribution in [2.75, 3.05) is 11.9 Å². The molecule has 2 rings (SSSR count). The molecule has 2 N–H and O–H groups in total. The van der Waals surface area contributed by atoms with Gasteiger partial charge in [-0.3, -0.25) is 0 Å². The highest BCUT2D eigenvalue weighted by Gasteiger charge is 2.11. The van der Waals surface area contributed by atoms with E-state index in [1.54, 1.807) is 12.1 Å². The number of hydrogen-bond donors (Lipinski definition) is 2. The number of halogens is 1. The van der Waals surface area contributed by atoms with E-state index < -0.39 is 0 Å². The van der Waals surface area contributed by atoms with E-state index in [1.807, 2.05) is 36.4 Å². The highest BCUT2D eigenvalue weighted by Crippen LogP contribution is 2.20. The third kappa shape index (κ3) is 3.22. The highest BCUT2D eigenvalue weighted by atomic mass is 35.5. The number of aliphatic hydroxyl groups excluding tert-OH is 1. The first-order valence-corrected chi connectivity index (χ1v) is 6.11. The topological polar surface area (TPSA) is 68.9 Å². The van der Waals surface area contributed by atoms with Crippen molar-refractivity contribution in [3.63, 3.8) is 0 Å². The van der Waals surface area contributed by atoms with Crippen LogP contribution in [0.3, 0.4) is 0 Å². The van der Waals surface area contributed by atoms with E-state index in [1.165, 1.54) is 0 Å². The van der Waals surface area contributed by atoms with Crippen molar-refractivity contribution in [1.82, 2.24) is 4.98 Å². The number of nitrogens with zero attached hydrogens (tertiary/aromatic N) is 2. The first-order chi connectivity index (χ1) is 9.24. The van der Waals surface area contributed by atoms with E-state index in [2.05, 4.69) is 10.3 Å². The van der Waals surface area contributed by atoms with Gasteiger partial charge >= 0.3 is 0 Å². The summed E-state index contributed by atoms with van der Waals surface area (Å²) in [5.41, 5.74) is 1.11. The van der Waals surface area contributed by atoms with Crippen LogP contribution in [-0.2, 0) is 0 Å². The summed E-state index contributed by atoms with van der Waals surface area (Å²) in [5, 5.41) is 21.7. The Bertz CT molecular complexity index is 595. The third-order valence-electron chi connectivity index (χ3n) is 2.66. The zero-order valence-corrected chi connectivity index (χ0v) is 10.8. The molecule has 0 amide bonds. The van der Waals surface area contributed by atoms with Crippen molar-refractivity contribution in [3.8, 4) is 6.07 Å². The van der Waals surface area contributed by atoms with Crippen molar-refractivity contribution in [3.05, 3.63) is 58.7 Å². The Morgan fingerprint density at radius 3 is 2.63 bits per heavy atom. The monoisotopic (exact) mass is 273 g/mol. The van der Waals surface area contributed by atoms with Gasteiger partial charge in [0.25, 0.3) is 0 Å². The first-order valence-electron chi connectivity index (χ1n) is 5.73. The van der Waals surface area contributed by atoms with Crippen molar-refractivity contribution in [2.24, 2.45) is 0 Å². The zero-order chi connectivity index (χ0) is 13.7. The predicted octanol–water partition coefficient (Wildman–Crippen LogP) is 2.75. The fourth-order valence-electron chi connectivity index (χ4n) is 1.70. The smallest absolute Gasteiger partial charge is 0.161 e. The first kappa shape index (κ1) is 13.3. The van der Waals surface area contributed by atoms with Crippen molar-refractivity contribution in [1.29, 1.82) is 5.26 Å². The molecule has 0 aliphatic rings. The number of aromatic nitrogens is 1. The van der Waals surface area contributed by atoms with Crippen LogP contribution >= 0.6 is 11.6 Å². The minimum Gasteiger partial charge on any atom is -0.394 e. The molecule has 0 radical (unpaired) electrons. The van der Waals surface area contributed by atoms with E-state index in [9.17, 15) is 5.11 Å². The molecule has 0 saturated heterocycles. The fourth-order valence-corrected chi connectivity index (χ4v) is 1.85. The van der Waals surface area contributed by atoms with Crippen molar-refractivity contribution >= 4 is 17.4 Å². The zero-order valence-electron chi connectivity index (χ0n) is 10.0. The molecule has 5 heteroatoms. The second-order valence-corrected chi connectivity index (χ2v) is 4.34. The summed E-state index contributed by atoms with van der Waals surface area (Å²) in [6.45, 7) is -0.0732. The van der Waals surface area contributed by atoms with E-state index in [4.69, 9.17) is 16.9 Å². The molecule has 0 aliphatic heterocycles. The summed E-state index contributed by atoms with van der Waals surface area (Å²) in [4.78, 5) is 4.09.